The van der Waals surface area contributed by atoms with E-state index in [0.717, 1.165) is 23.2 Å². The van der Waals surface area contributed by atoms with Gasteiger partial charge in [0.05, 0.1) is 4.34 Å². The molecule has 1 aromatic heterocycles. The average Bonchev–Trinajstić information content (AvgIpc) is 2.84. The zero-order chi connectivity index (χ0) is 15.2. The lowest BCUT2D eigenvalue weighted by atomic mass is 9.98. The molecule has 4 heteroatoms. The first-order valence-corrected chi connectivity index (χ1v) is 8.44. The second-order valence-corrected chi connectivity index (χ2v) is 7.20. The fourth-order valence-corrected chi connectivity index (χ4v) is 3.34. The molecule has 0 aliphatic heterocycles. The number of benzene rings is 1. The number of thiophene rings is 1. The van der Waals surface area contributed by atoms with Crippen LogP contribution in [-0.2, 0) is 6.54 Å². The molecule has 0 atom stereocenters. The summed E-state index contributed by atoms with van der Waals surface area (Å²) in [5, 5.41) is 3.36. The molecule has 0 amide bonds. The Kier molecular flexibility index (Phi) is 6.09. The molecule has 2 rings (SSSR count). The van der Waals surface area contributed by atoms with Crippen LogP contribution in [0.1, 0.15) is 35.8 Å². The van der Waals surface area contributed by atoms with Gasteiger partial charge in [-0.2, -0.15) is 0 Å². The van der Waals surface area contributed by atoms with Gasteiger partial charge in [-0.15, -0.1) is 11.3 Å². The lowest BCUT2D eigenvalue weighted by Crippen LogP contribution is -2.20. The van der Waals surface area contributed by atoms with Gasteiger partial charge >= 0.3 is 0 Å². The van der Waals surface area contributed by atoms with Gasteiger partial charge < -0.3 is 10.1 Å². The summed E-state index contributed by atoms with van der Waals surface area (Å²) < 4.78 is 6.62. The first kappa shape index (κ1) is 16.3. The van der Waals surface area contributed by atoms with E-state index in [1.165, 1.54) is 16.0 Å². The molecule has 0 aliphatic rings. The Morgan fingerprint density at radius 3 is 2.67 bits per heavy atom. The summed E-state index contributed by atoms with van der Waals surface area (Å²) in [5.41, 5.74) is 2.68. The molecular formula is C17H22ClNOS. The van der Waals surface area contributed by atoms with Crippen LogP contribution in [0.2, 0.25) is 4.34 Å². The molecule has 114 valence electrons. The largest absolute Gasteiger partial charge is 0.492 e. The molecule has 21 heavy (non-hydrogen) atoms. The monoisotopic (exact) mass is 323 g/mol. The second kappa shape index (κ2) is 7.83. The third kappa shape index (κ3) is 5.03. The second-order valence-electron chi connectivity index (χ2n) is 5.40. The van der Waals surface area contributed by atoms with E-state index in [4.69, 9.17) is 16.3 Å². The molecule has 0 aliphatic carbocycles. The van der Waals surface area contributed by atoms with Crippen LogP contribution >= 0.6 is 22.9 Å². The van der Waals surface area contributed by atoms with E-state index in [1.54, 1.807) is 11.3 Å². The van der Waals surface area contributed by atoms with Crippen LogP contribution in [0.15, 0.2) is 30.3 Å². The minimum Gasteiger partial charge on any atom is -0.492 e. The first-order valence-electron chi connectivity index (χ1n) is 7.24. The first-order chi connectivity index (χ1) is 10.1. The van der Waals surface area contributed by atoms with Crippen molar-refractivity contribution in [2.24, 2.45) is 0 Å². The van der Waals surface area contributed by atoms with Crippen LogP contribution in [-0.4, -0.2) is 13.2 Å². The van der Waals surface area contributed by atoms with Gasteiger partial charge in [0, 0.05) is 18.0 Å². The van der Waals surface area contributed by atoms with Gasteiger partial charge in [-0.1, -0.05) is 31.5 Å². The highest BCUT2D eigenvalue weighted by Crippen LogP contribution is 2.23. The number of hydrogen-bond acceptors (Lipinski definition) is 3. The predicted octanol–water partition coefficient (Wildman–Crippen LogP) is 5.00. The Morgan fingerprint density at radius 1 is 1.24 bits per heavy atom. The summed E-state index contributed by atoms with van der Waals surface area (Å²) in [4.78, 5) is 1.25. The van der Waals surface area contributed by atoms with E-state index in [1.807, 2.05) is 6.07 Å². The van der Waals surface area contributed by atoms with Gasteiger partial charge in [0.15, 0.2) is 0 Å². The van der Waals surface area contributed by atoms with Crippen molar-refractivity contribution in [1.82, 2.24) is 5.32 Å². The van der Waals surface area contributed by atoms with E-state index < -0.39 is 0 Å². The molecule has 1 heterocycles. The van der Waals surface area contributed by atoms with E-state index in [2.05, 4.69) is 50.4 Å². The van der Waals surface area contributed by atoms with Gasteiger partial charge in [0.1, 0.15) is 12.4 Å². The summed E-state index contributed by atoms with van der Waals surface area (Å²) in [5.74, 6) is 1.50. The van der Waals surface area contributed by atoms with Crippen molar-refractivity contribution < 1.29 is 4.74 Å². The topological polar surface area (TPSA) is 21.3 Å². The summed E-state index contributed by atoms with van der Waals surface area (Å²) in [6.07, 6.45) is 0. The summed E-state index contributed by atoms with van der Waals surface area (Å²) in [6, 6.07) is 10.3. The lowest BCUT2D eigenvalue weighted by molar-refractivity contribution is 0.313. The molecule has 0 unspecified atom stereocenters. The molecule has 1 N–H and O–H groups in total. The zero-order valence-electron chi connectivity index (χ0n) is 12.8. The standard InChI is InChI=1S/C17H22ClNOS/c1-12(2)16-6-4-14(10-13(16)3)20-9-8-19-11-15-5-7-17(18)21-15/h4-7,10,12,19H,8-9,11H2,1-3H3. The molecule has 0 saturated carbocycles. The van der Waals surface area contributed by atoms with Crippen LogP contribution in [0.25, 0.3) is 0 Å². The number of halogens is 1. The van der Waals surface area contributed by atoms with E-state index in [9.17, 15) is 0 Å². The molecule has 0 bridgehead atoms. The predicted molar refractivity (Wildman–Crippen MR) is 91.8 cm³/mol. The van der Waals surface area contributed by atoms with Crippen molar-refractivity contribution in [1.29, 1.82) is 0 Å². The highest BCUT2D eigenvalue weighted by atomic mass is 35.5. The third-order valence-electron chi connectivity index (χ3n) is 3.34. The molecule has 0 fully saturated rings. The maximum Gasteiger partial charge on any atom is 0.119 e. The quantitative estimate of drug-likeness (QED) is 0.724. The number of rotatable bonds is 7. The minimum absolute atomic E-state index is 0.554. The van der Waals surface area contributed by atoms with Crippen LogP contribution in [0.5, 0.6) is 5.75 Å². The Hall–Kier alpha value is -1.03. The van der Waals surface area contributed by atoms with Crippen LogP contribution < -0.4 is 10.1 Å². The van der Waals surface area contributed by atoms with Crippen molar-refractivity contribution in [2.45, 2.75) is 33.2 Å². The zero-order valence-corrected chi connectivity index (χ0v) is 14.4. The Balaban J connectivity index is 1.72. The van der Waals surface area contributed by atoms with Gasteiger partial charge in [-0.25, -0.2) is 0 Å². The van der Waals surface area contributed by atoms with Crippen molar-refractivity contribution in [3.63, 3.8) is 0 Å². The molecule has 0 saturated heterocycles. The van der Waals surface area contributed by atoms with E-state index in [0.29, 0.717) is 12.5 Å². The van der Waals surface area contributed by atoms with Crippen molar-refractivity contribution >= 4 is 22.9 Å². The molecular weight excluding hydrogens is 302 g/mol. The van der Waals surface area contributed by atoms with Gasteiger partial charge in [-0.05, 0) is 48.2 Å². The summed E-state index contributed by atoms with van der Waals surface area (Å²) in [7, 11) is 0. The van der Waals surface area contributed by atoms with Gasteiger partial charge in [0.2, 0.25) is 0 Å². The van der Waals surface area contributed by atoms with Gasteiger partial charge in [0.25, 0.3) is 0 Å². The fraction of sp³-hybridized carbons (Fsp3) is 0.412. The van der Waals surface area contributed by atoms with Crippen molar-refractivity contribution in [3.8, 4) is 5.75 Å². The van der Waals surface area contributed by atoms with Crippen LogP contribution in [0.4, 0.5) is 0 Å². The highest BCUT2D eigenvalue weighted by Gasteiger charge is 2.04. The van der Waals surface area contributed by atoms with Crippen LogP contribution in [0, 0.1) is 6.92 Å². The average molecular weight is 324 g/mol. The Bertz CT molecular complexity index is 580. The SMILES string of the molecule is Cc1cc(OCCNCc2ccc(Cl)s2)ccc1C(C)C. The maximum absolute atomic E-state index is 5.90. The smallest absolute Gasteiger partial charge is 0.119 e. The number of nitrogens with one attached hydrogen (secondary N) is 1. The Morgan fingerprint density at radius 2 is 2.05 bits per heavy atom. The van der Waals surface area contributed by atoms with Crippen LogP contribution in [0.3, 0.4) is 0 Å². The molecule has 2 nitrogen and oxygen atoms in total. The molecule has 1 aromatic carbocycles. The lowest BCUT2D eigenvalue weighted by Gasteiger charge is -2.12. The van der Waals surface area contributed by atoms with E-state index in [-0.39, 0.29) is 0 Å². The molecule has 0 spiro atoms. The minimum atomic E-state index is 0.554. The van der Waals surface area contributed by atoms with Crippen molar-refractivity contribution in [2.75, 3.05) is 13.2 Å². The van der Waals surface area contributed by atoms with Gasteiger partial charge in [-0.3, -0.25) is 0 Å². The Labute approximate surface area is 136 Å². The number of hydrogen-bond donors (Lipinski definition) is 1. The summed E-state index contributed by atoms with van der Waals surface area (Å²) >= 11 is 7.51. The fourth-order valence-electron chi connectivity index (χ4n) is 2.29. The molecule has 0 radical (unpaired) electrons. The number of ether oxygens (including phenoxy) is 1. The normalized spacial score (nSPS) is 11.1. The molecule has 2 aromatic rings. The highest BCUT2D eigenvalue weighted by molar-refractivity contribution is 7.16. The number of aryl methyl sites for hydroxylation is 1. The third-order valence-corrected chi connectivity index (χ3v) is 4.57. The van der Waals surface area contributed by atoms with Crippen molar-refractivity contribution in [3.05, 3.63) is 50.7 Å². The maximum atomic E-state index is 5.90. The summed E-state index contributed by atoms with van der Waals surface area (Å²) in [6.45, 7) is 8.89. The van der Waals surface area contributed by atoms with E-state index >= 15 is 0 Å².